The fraction of sp³-hybridized carbons (Fsp3) is 0.385. The van der Waals surface area contributed by atoms with Crippen molar-refractivity contribution in [3.8, 4) is 0 Å². The minimum Gasteiger partial charge on any atom is -0.398 e. The lowest BCUT2D eigenvalue weighted by molar-refractivity contribution is -0.124. The first kappa shape index (κ1) is 14.0. The Bertz CT molecular complexity index is 446. The smallest absolute Gasteiger partial charge is 0.255 e. The average Bonchev–Trinajstić information content (AvgIpc) is 2.37. The van der Waals surface area contributed by atoms with E-state index in [-0.39, 0.29) is 17.7 Å². The van der Waals surface area contributed by atoms with Crippen LogP contribution in [0.1, 0.15) is 17.3 Å². The first-order chi connectivity index (χ1) is 8.47. The molecular formula is C13H19N3O2. The number of para-hydroxylation sites is 1. The van der Waals surface area contributed by atoms with E-state index in [0.29, 0.717) is 17.8 Å². The topological polar surface area (TPSA) is 75.4 Å². The first-order valence-electron chi connectivity index (χ1n) is 5.79. The maximum atomic E-state index is 12.1. The van der Waals surface area contributed by atoms with Gasteiger partial charge >= 0.3 is 0 Å². The molecule has 0 aromatic heterocycles. The van der Waals surface area contributed by atoms with E-state index in [1.54, 1.807) is 45.3 Å². The Morgan fingerprint density at radius 1 is 1.39 bits per heavy atom. The highest BCUT2D eigenvalue weighted by atomic mass is 16.2. The molecule has 5 nitrogen and oxygen atoms in total. The molecule has 0 aliphatic heterocycles. The van der Waals surface area contributed by atoms with Crippen LogP contribution in [0, 0.1) is 5.92 Å². The molecule has 0 saturated heterocycles. The number of anilines is 1. The molecule has 98 valence electrons. The highest BCUT2D eigenvalue weighted by molar-refractivity contribution is 5.99. The number of nitrogen functional groups attached to an aromatic ring is 1. The summed E-state index contributed by atoms with van der Waals surface area (Å²) in [4.78, 5) is 25.0. The number of carbonyl (C=O) groups is 2. The SMILES string of the molecule is CNC(=O)C(C)CN(C)C(=O)c1ccccc1N. The van der Waals surface area contributed by atoms with E-state index < -0.39 is 0 Å². The molecule has 1 unspecified atom stereocenters. The van der Waals surface area contributed by atoms with Gasteiger partial charge in [0.2, 0.25) is 5.91 Å². The van der Waals surface area contributed by atoms with Crippen molar-refractivity contribution in [1.82, 2.24) is 10.2 Å². The monoisotopic (exact) mass is 249 g/mol. The summed E-state index contributed by atoms with van der Waals surface area (Å²) in [5, 5.41) is 2.56. The summed E-state index contributed by atoms with van der Waals surface area (Å²) in [6.45, 7) is 2.13. The van der Waals surface area contributed by atoms with Crippen LogP contribution in [0.3, 0.4) is 0 Å². The molecule has 1 aromatic rings. The van der Waals surface area contributed by atoms with Crippen LogP contribution < -0.4 is 11.1 Å². The molecular weight excluding hydrogens is 230 g/mol. The highest BCUT2D eigenvalue weighted by Crippen LogP contribution is 2.13. The summed E-state index contributed by atoms with van der Waals surface area (Å²) in [5.74, 6) is -0.520. The molecule has 1 aromatic carbocycles. The molecule has 0 bridgehead atoms. The van der Waals surface area contributed by atoms with Gasteiger partial charge in [-0.05, 0) is 12.1 Å². The third kappa shape index (κ3) is 3.23. The number of nitrogens with two attached hydrogens (primary N) is 1. The van der Waals surface area contributed by atoms with E-state index in [1.807, 2.05) is 0 Å². The van der Waals surface area contributed by atoms with Gasteiger partial charge in [-0.3, -0.25) is 9.59 Å². The molecule has 1 rings (SSSR count). The van der Waals surface area contributed by atoms with Gasteiger partial charge in [0.15, 0.2) is 0 Å². The number of carbonyl (C=O) groups excluding carboxylic acids is 2. The van der Waals surface area contributed by atoms with Gasteiger partial charge in [-0.25, -0.2) is 0 Å². The van der Waals surface area contributed by atoms with Crippen molar-refractivity contribution >= 4 is 17.5 Å². The van der Waals surface area contributed by atoms with Gasteiger partial charge < -0.3 is 16.0 Å². The Morgan fingerprint density at radius 2 is 2.00 bits per heavy atom. The highest BCUT2D eigenvalue weighted by Gasteiger charge is 2.19. The number of hydrogen-bond donors (Lipinski definition) is 2. The van der Waals surface area contributed by atoms with Gasteiger partial charge in [0.25, 0.3) is 5.91 Å². The lowest BCUT2D eigenvalue weighted by Crippen LogP contribution is -2.37. The minimum atomic E-state index is -0.256. The molecule has 0 heterocycles. The molecule has 3 N–H and O–H groups in total. The van der Waals surface area contributed by atoms with Crippen LogP contribution in [0.5, 0.6) is 0 Å². The summed E-state index contributed by atoms with van der Waals surface area (Å²) in [5.41, 5.74) is 6.66. The van der Waals surface area contributed by atoms with Crippen LogP contribution in [0.15, 0.2) is 24.3 Å². The second-order valence-corrected chi connectivity index (χ2v) is 4.29. The number of nitrogens with zero attached hydrogens (tertiary/aromatic N) is 1. The summed E-state index contributed by atoms with van der Waals surface area (Å²) < 4.78 is 0. The standard InChI is InChI=1S/C13H19N3O2/c1-9(12(17)15-2)8-16(3)13(18)10-6-4-5-7-11(10)14/h4-7,9H,8,14H2,1-3H3,(H,15,17). The third-order valence-electron chi connectivity index (χ3n) is 2.78. The van der Waals surface area contributed by atoms with Gasteiger partial charge in [-0.15, -0.1) is 0 Å². The summed E-state index contributed by atoms with van der Waals surface area (Å²) in [6.07, 6.45) is 0. The predicted molar refractivity (Wildman–Crippen MR) is 71.0 cm³/mol. The number of hydrogen-bond acceptors (Lipinski definition) is 3. The molecule has 0 radical (unpaired) electrons. The second-order valence-electron chi connectivity index (χ2n) is 4.29. The Hall–Kier alpha value is -2.04. The number of nitrogens with one attached hydrogen (secondary N) is 1. The Kier molecular flexibility index (Phi) is 4.71. The van der Waals surface area contributed by atoms with E-state index in [9.17, 15) is 9.59 Å². The average molecular weight is 249 g/mol. The quantitative estimate of drug-likeness (QED) is 0.772. The molecule has 0 aliphatic carbocycles. The van der Waals surface area contributed by atoms with E-state index in [0.717, 1.165) is 0 Å². The van der Waals surface area contributed by atoms with E-state index in [2.05, 4.69) is 5.32 Å². The molecule has 18 heavy (non-hydrogen) atoms. The maximum Gasteiger partial charge on any atom is 0.255 e. The van der Waals surface area contributed by atoms with Gasteiger partial charge in [0, 0.05) is 26.3 Å². The fourth-order valence-electron chi connectivity index (χ4n) is 1.72. The van der Waals surface area contributed by atoms with Crippen molar-refractivity contribution in [2.24, 2.45) is 5.92 Å². The van der Waals surface area contributed by atoms with Crippen LogP contribution >= 0.6 is 0 Å². The van der Waals surface area contributed by atoms with Crippen molar-refractivity contribution in [2.45, 2.75) is 6.92 Å². The van der Waals surface area contributed by atoms with Crippen LogP contribution in [-0.2, 0) is 4.79 Å². The van der Waals surface area contributed by atoms with E-state index >= 15 is 0 Å². The van der Waals surface area contributed by atoms with Crippen molar-refractivity contribution in [3.05, 3.63) is 29.8 Å². The number of rotatable bonds is 4. The zero-order valence-electron chi connectivity index (χ0n) is 10.9. The predicted octanol–water partition coefficient (Wildman–Crippen LogP) is 0.723. The number of benzene rings is 1. The zero-order valence-corrected chi connectivity index (χ0v) is 10.9. The van der Waals surface area contributed by atoms with Crippen molar-refractivity contribution in [2.75, 3.05) is 26.4 Å². The van der Waals surface area contributed by atoms with E-state index in [1.165, 1.54) is 4.90 Å². The summed E-state index contributed by atoms with van der Waals surface area (Å²) in [6, 6.07) is 6.90. The lowest BCUT2D eigenvalue weighted by Gasteiger charge is -2.21. The first-order valence-corrected chi connectivity index (χ1v) is 5.79. The summed E-state index contributed by atoms with van der Waals surface area (Å²) in [7, 11) is 3.24. The minimum absolute atomic E-state index is 0.0873. The lowest BCUT2D eigenvalue weighted by atomic mass is 10.1. The molecule has 5 heteroatoms. The molecule has 1 atom stereocenters. The van der Waals surface area contributed by atoms with Gasteiger partial charge in [-0.2, -0.15) is 0 Å². The molecule has 0 spiro atoms. The molecule has 0 aliphatic rings. The Labute approximate surface area is 107 Å². The van der Waals surface area contributed by atoms with Crippen molar-refractivity contribution in [1.29, 1.82) is 0 Å². The van der Waals surface area contributed by atoms with E-state index in [4.69, 9.17) is 5.73 Å². The molecule has 0 saturated carbocycles. The van der Waals surface area contributed by atoms with Crippen LogP contribution in [0.25, 0.3) is 0 Å². The van der Waals surface area contributed by atoms with Crippen molar-refractivity contribution < 1.29 is 9.59 Å². The number of amides is 2. The maximum absolute atomic E-state index is 12.1. The zero-order chi connectivity index (χ0) is 13.7. The normalized spacial score (nSPS) is 11.7. The fourth-order valence-corrected chi connectivity index (χ4v) is 1.72. The Morgan fingerprint density at radius 3 is 2.56 bits per heavy atom. The largest absolute Gasteiger partial charge is 0.398 e. The van der Waals surface area contributed by atoms with Gasteiger partial charge in [0.05, 0.1) is 11.5 Å². The molecule has 2 amide bonds. The Balaban J connectivity index is 2.74. The van der Waals surface area contributed by atoms with Crippen LogP contribution in [0.4, 0.5) is 5.69 Å². The van der Waals surface area contributed by atoms with Gasteiger partial charge in [-0.1, -0.05) is 19.1 Å². The van der Waals surface area contributed by atoms with Gasteiger partial charge in [0.1, 0.15) is 0 Å². The third-order valence-corrected chi connectivity index (χ3v) is 2.78. The second kappa shape index (κ2) is 6.05. The van der Waals surface area contributed by atoms with Crippen LogP contribution in [-0.4, -0.2) is 37.4 Å². The molecule has 0 fully saturated rings. The van der Waals surface area contributed by atoms with Crippen LogP contribution in [0.2, 0.25) is 0 Å². The summed E-state index contributed by atoms with van der Waals surface area (Å²) >= 11 is 0. The van der Waals surface area contributed by atoms with Crippen molar-refractivity contribution in [3.63, 3.8) is 0 Å².